The molecule has 184 valence electrons. The highest BCUT2D eigenvalue weighted by atomic mass is 32.2. The number of nitrogens with zero attached hydrogens (tertiary/aromatic N) is 6. The van der Waals surface area contributed by atoms with E-state index in [1.807, 2.05) is 12.1 Å². The number of aromatic nitrogens is 4. The van der Waals surface area contributed by atoms with Gasteiger partial charge in [0.25, 0.3) is 0 Å². The Bertz CT molecular complexity index is 1080. The molecular weight excluding hydrogens is 462 g/mol. The molecule has 2 aromatic carbocycles. The highest BCUT2D eigenvalue weighted by Crippen LogP contribution is 2.22. The average Bonchev–Trinajstić information content (AvgIpc) is 3.57. The van der Waals surface area contributed by atoms with Crippen LogP contribution in [-0.4, -0.2) is 75.7 Å². The maximum absolute atomic E-state index is 12.5. The maximum Gasteiger partial charge on any atom is 0.234 e. The molecule has 2 aliphatic heterocycles. The fourth-order valence-electron chi connectivity index (χ4n) is 4.48. The topological polar surface area (TPSA) is 88.4 Å². The molecule has 0 saturated carbocycles. The van der Waals surface area contributed by atoms with Crippen LogP contribution in [0.3, 0.4) is 0 Å². The minimum atomic E-state index is -0.0797. The lowest BCUT2D eigenvalue weighted by molar-refractivity contribution is -0.113. The van der Waals surface area contributed by atoms with Crippen molar-refractivity contribution in [1.29, 1.82) is 0 Å². The third-order valence-corrected chi connectivity index (χ3v) is 7.33. The Morgan fingerprint density at radius 2 is 1.86 bits per heavy atom. The first-order valence-corrected chi connectivity index (χ1v) is 13.1. The van der Waals surface area contributed by atoms with Crippen molar-refractivity contribution in [1.82, 2.24) is 25.1 Å². The van der Waals surface area contributed by atoms with Gasteiger partial charge in [0.15, 0.2) is 0 Å². The summed E-state index contributed by atoms with van der Waals surface area (Å²) in [6, 6.07) is 18.7. The summed E-state index contributed by atoms with van der Waals surface area (Å²) in [6.07, 6.45) is 2.24. The second kappa shape index (κ2) is 11.7. The number of amides is 1. The van der Waals surface area contributed by atoms with Gasteiger partial charge >= 0.3 is 0 Å². The van der Waals surface area contributed by atoms with Gasteiger partial charge in [0.1, 0.15) is 0 Å². The fraction of sp³-hybridized carbons (Fsp3) is 0.440. The van der Waals surface area contributed by atoms with Crippen LogP contribution in [0.4, 0.5) is 11.4 Å². The van der Waals surface area contributed by atoms with E-state index in [9.17, 15) is 4.79 Å². The monoisotopic (exact) mass is 493 g/mol. The van der Waals surface area contributed by atoms with Crippen LogP contribution in [0.25, 0.3) is 0 Å². The lowest BCUT2D eigenvalue weighted by Crippen LogP contribution is -2.45. The van der Waals surface area contributed by atoms with E-state index in [1.165, 1.54) is 23.0 Å². The van der Waals surface area contributed by atoms with Crippen LogP contribution in [0, 0.1) is 0 Å². The third kappa shape index (κ3) is 6.59. The Morgan fingerprint density at radius 3 is 2.60 bits per heavy atom. The summed E-state index contributed by atoms with van der Waals surface area (Å²) in [6.45, 7) is 6.48. The number of hydrogen-bond donors (Lipinski definition) is 1. The molecule has 0 spiro atoms. The average molecular weight is 494 g/mol. The van der Waals surface area contributed by atoms with Gasteiger partial charge in [-0.15, -0.1) is 5.10 Å². The first kappa shape index (κ1) is 23.8. The first-order chi connectivity index (χ1) is 17.2. The van der Waals surface area contributed by atoms with E-state index in [2.05, 4.69) is 73.1 Å². The summed E-state index contributed by atoms with van der Waals surface area (Å²) in [5, 5.41) is 15.4. The number of ether oxygens (including phenoxy) is 1. The highest BCUT2D eigenvalue weighted by Gasteiger charge is 2.20. The van der Waals surface area contributed by atoms with Gasteiger partial charge in [-0.1, -0.05) is 42.1 Å². The zero-order valence-corrected chi connectivity index (χ0v) is 20.6. The minimum absolute atomic E-state index is 0.0797. The van der Waals surface area contributed by atoms with Crippen LogP contribution >= 0.6 is 11.8 Å². The summed E-state index contributed by atoms with van der Waals surface area (Å²) in [5.74, 6) is 0.167. The number of rotatable bonds is 9. The predicted octanol–water partition coefficient (Wildman–Crippen LogP) is 2.91. The van der Waals surface area contributed by atoms with Gasteiger partial charge in [-0.2, -0.15) is 0 Å². The molecule has 10 heteroatoms. The van der Waals surface area contributed by atoms with Crippen LogP contribution in [0.1, 0.15) is 18.4 Å². The number of carbonyl (C=O) groups is 1. The van der Waals surface area contributed by atoms with Gasteiger partial charge in [0.2, 0.25) is 11.1 Å². The summed E-state index contributed by atoms with van der Waals surface area (Å²) in [5.41, 5.74) is 3.34. The van der Waals surface area contributed by atoms with Crippen molar-refractivity contribution < 1.29 is 9.53 Å². The maximum atomic E-state index is 12.5. The Morgan fingerprint density at radius 1 is 1.06 bits per heavy atom. The SMILES string of the molecule is O=C(CSc1nnnn1CC1CCCO1)Nc1ccc(N2CCN(Cc3ccccc3)CC2)cc1. The van der Waals surface area contributed by atoms with Crippen molar-refractivity contribution in [2.24, 2.45) is 0 Å². The van der Waals surface area contributed by atoms with Gasteiger partial charge in [0, 0.05) is 50.7 Å². The van der Waals surface area contributed by atoms with Gasteiger partial charge in [0.05, 0.1) is 18.4 Å². The predicted molar refractivity (Wildman–Crippen MR) is 137 cm³/mol. The van der Waals surface area contributed by atoms with Gasteiger partial charge in [-0.25, -0.2) is 4.68 Å². The highest BCUT2D eigenvalue weighted by molar-refractivity contribution is 7.99. The smallest absolute Gasteiger partial charge is 0.234 e. The number of benzene rings is 2. The van der Waals surface area contributed by atoms with E-state index in [4.69, 9.17) is 4.74 Å². The number of tetrazole rings is 1. The quantitative estimate of drug-likeness (QED) is 0.455. The molecule has 2 saturated heterocycles. The molecule has 1 atom stereocenters. The van der Waals surface area contributed by atoms with Crippen molar-refractivity contribution in [2.75, 3.05) is 48.8 Å². The molecule has 3 aromatic rings. The second-order valence-corrected chi connectivity index (χ2v) is 9.85. The number of carbonyl (C=O) groups excluding carboxylic acids is 1. The molecule has 35 heavy (non-hydrogen) atoms. The Hall–Kier alpha value is -2.95. The number of nitrogens with one attached hydrogen (secondary N) is 1. The van der Waals surface area contributed by atoms with Crippen LogP contribution < -0.4 is 10.2 Å². The second-order valence-electron chi connectivity index (χ2n) is 8.91. The third-order valence-electron chi connectivity index (χ3n) is 6.37. The Kier molecular flexibility index (Phi) is 7.92. The number of thioether (sulfide) groups is 1. The number of anilines is 2. The molecule has 0 aliphatic carbocycles. The van der Waals surface area contributed by atoms with Crippen molar-refractivity contribution in [3.05, 3.63) is 60.2 Å². The molecule has 5 rings (SSSR count). The molecule has 1 amide bonds. The van der Waals surface area contributed by atoms with E-state index in [0.29, 0.717) is 11.7 Å². The van der Waals surface area contributed by atoms with Crippen LogP contribution in [-0.2, 0) is 22.6 Å². The number of piperazine rings is 1. The molecule has 0 bridgehead atoms. The normalized spacial score (nSPS) is 18.6. The van der Waals surface area contributed by atoms with Crippen LogP contribution in [0.2, 0.25) is 0 Å². The summed E-state index contributed by atoms with van der Waals surface area (Å²) in [7, 11) is 0. The molecule has 1 aromatic heterocycles. The molecular formula is C25H31N7O2S. The molecule has 3 heterocycles. The zero-order valence-electron chi connectivity index (χ0n) is 19.8. The molecule has 0 radical (unpaired) electrons. The van der Waals surface area contributed by atoms with Crippen LogP contribution in [0.5, 0.6) is 0 Å². The standard InChI is InChI=1S/C25H31N7O2S/c33-24(19-35-25-27-28-29-32(25)18-23-7-4-16-34-23)26-21-8-10-22(11-9-21)31-14-12-30(13-15-31)17-20-5-2-1-3-6-20/h1-3,5-6,8-11,23H,4,7,12-19H2,(H,26,33). The molecule has 2 fully saturated rings. The van der Waals surface area contributed by atoms with Crippen LogP contribution in [0.15, 0.2) is 59.8 Å². The van der Waals surface area contributed by atoms with E-state index in [1.54, 1.807) is 4.68 Å². The van der Waals surface area contributed by atoms with Crippen molar-refractivity contribution >= 4 is 29.0 Å². The molecule has 1 N–H and O–H groups in total. The van der Waals surface area contributed by atoms with Crippen molar-refractivity contribution in [3.8, 4) is 0 Å². The largest absolute Gasteiger partial charge is 0.376 e. The van der Waals surface area contributed by atoms with Crippen molar-refractivity contribution in [2.45, 2.75) is 37.2 Å². The van der Waals surface area contributed by atoms with Gasteiger partial charge in [-0.3, -0.25) is 9.69 Å². The lowest BCUT2D eigenvalue weighted by atomic mass is 10.2. The molecule has 1 unspecified atom stereocenters. The van der Waals surface area contributed by atoms with E-state index >= 15 is 0 Å². The molecule has 2 aliphatic rings. The van der Waals surface area contributed by atoms with Gasteiger partial charge < -0.3 is 15.0 Å². The molecule has 9 nitrogen and oxygen atoms in total. The lowest BCUT2D eigenvalue weighted by Gasteiger charge is -2.36. The van der Waals surface area contributed by atoms with E-state index in [0.717, 1.165) is 57.9 Å². The fourth-order valence-corrected chi connectivity index (χ4v) is 5.17. The zero-order chi connectivity index (χ0) is 23.9. The minimum Gasteiger partial charge on any atom is -0.376 e. The first-order valence-electron chi connectivity index (χ1n) is 12.1. The van der Waals surface area contributed by atoms with Gasteiger partial charge in [-0.05, 0) is 53.1 Å². The van der Waals surface area contributed by atoms with E-state index < -0.39 is 0 Å². The Labute approximate surface area is 209 Å². The summed E-state index contributed by atoms with van der Waals surface area (Å²) in [4.78, 5) is 17.4. The number of hydrogen-bond acceptors (Lipinski definition) is 8. The Balaban J connectivity index is 1.06. The summed E-state index contributed by atoms with van der Waals surface area (Å²) >= 11 is 1.34. The van der Waals surface area contributed by atoms with E-state index in [-0.39, 0.29) is 17.8 Å². The van der Waals surface area contributed by atoms with Crippen molar-refractivity contribution in [3.63, 3.8) is 0 Å². The summed E-state index contributed by atoms with van der Waals surface area (Å²) < 4.78 is 7.38.